The number of ether oxygens (including phenoxy) is 5. The van der Waals surface area contributed by atoms with E-state index >= 15 is 0 Å². The minimum Gasteiger partial charge on any atom is -0.493 e. The SMILES string of the molecule is CCOc1c(C)c2c(c(OC(=O)CCC(=O)NCc3ccccc3)c1CC=C(C)CCC(=O)OCCCN1CCC(OC)C1)C(=O)OC2. The zero-order valence-electron chi connectivity index (χ0n) is 28.6. The van der Waals surface area contributed by atoms with E-state index in [1.807, 2.05) is 57.2 Å². The number of nitrogens with one attached hydrogen (secondary N) is 1. The molecule has 11 heteroatoms. The summed E-state index contributed by atoms with van der Waals surface area (Å²) in [6.07, 6.45) is 4.79. The molecule has 0 radical (unpaired) electrons. The van der Waals surface area contributed by atoms with Gasteiger partial charge in [-0.1, -0.05) is 42.0 Å². The third-order valence-electron chi connectivity index (χ3n) is 8.64. The summed E-state index contributed by atoms with van der Waals surface area (Å²) >= 11 is 0. The minimum atomic E-state index is -0.647. The van der Waals surface area contributed by atoms with Crippen molar-refractivity contribution in [1.29, 1.82) is 0 Å². The Morgan fingerprint density at radius 2 is 1.83 bits per heavy atom. The fraction of sp³-hybridized carbons (Fsp3) is 0.514. The van der Waals surface area contributed by atoms with Crippen LogP contribution in [0.4, 0.5) is 0 Å². The summed E-state index contributed by atoms with van der Waals surface area (Å²) in [5.74, 6) is -1.15. The molecule has 2 aromatic carbocycles. The van der Waals surface area contributed by atoms with Crippen LogP contribution >= 0.6 is 0 Å². The molecule has 2 heterocycles. The second kappa shape index (κ2) is 18.4. The van der Waals surface area contributed by atoms with Gasteiger partial charge in [-0.25, -0.2) is 4.79 Å². The monoisotopic (exact) mass is 664 g/mol. The van der Waals surface area contributed by atoms with Gasteiger partial charge in [-0.3, -0.25) is 14.4 Å². The highest BCUT2D eigenvalue weighted by atomic mass is 16.6. The molecular formula is C37H48N2O9. The number of carbonyl (C=O) groups excluding carboxylic acids is 4. The minimum absolute atomic E-state index is 0.0511. The van der Waals surface area contributed by atoms with Crippen LogP contribution in [0.1, 0.15) is 85.0 Å². The number of nitrogens with zero attached hydrogens (tertiary/aromatic N) is 1. The molecule has 2 aliphatic heterocycles. The molecule has 1 atom stereocenters. The predicted octanol–water partition coefficient (Wildman–Crippen LogP) is 4.99. The molecule has 0 aliphatic carbocycles. The van der Waals surface area contributed by atoms with E-state index in [0.29, 0.717) is 43.1 Å². The molecule has 48 heavy (non-hydrogen) atoms. The lowest BCUT2D eigenvalue weighted by Gasteiger charge is -2.19. The Labute approximate surface area is 282 Å². The maximum Gasteiger partial charge on any atom is 0.342 e. The van der Waals surface area contributed by atoms with E-state index in [9.17, 15) is 19.2 Å². The van der Waals surface area contributed by atoms with Crippen molar-refractivity contribution in [2.75, 3.05) is 40.0 Å². The molecule has 0 bridgehead atoms. The molecule has 260 valence electrons. The average Bonchev–Trinajstić information content (AvgIpc) is 3.72. The second-order valence-corrected chi connectivity index (χ2v) is 12.1. The van der Waals surface area contributed by atoms with Gasteiger partial charge in [0.25, 0.3) is 0 Å². The zero-order valence-corrected chi connectivity index (χ0v) is 28.6. The van der Waals surface area contributed by atoms with Gasteiger partial charge in [0.15, 0.2) is 5.75 Å². The number of esters is 3. The summed E-state index contributed by atoms with van der Waals surface area (Å²) in [6.45, 7) is 9.55. The fourth-order valence-corrected chi connectivity index (χ4v) is 5.87. The molecule has 1 unspecified atom stereocenters. The lowest BCUT2D eigenvalue weighted by molar-refractivity contribution is -0.143. The average molecular weight is 665 g/mol. The fourth-order valence-electron chi connectivity index (χ4n) is 5.87. The summed E-state index contributed by atoms with van der Waals surface area (Å²) in [7, 11) is 1.74. The molecule has 1 N–H and O–H groups in total. The predicted molar refractivity (Wildman–Crippen MR) is 179 cm³/mol. The van der Waals surface area contributed by atoms with Crippen LogP contribution < -0.4 is 14.8 Å². The van der Waals surface area contributed by atoms with Gasteiger partial charge in [-0.15, -0.1) is 0 Å². The number of likely N-dealkylation sites (tertiary alicyclic amines) is 1. The number of hydrogen-bond acceptors (Lipinski definition) is 10. The van der Waals surface area contributed by atoms with Gasteiger partial charge in [0.1, 0.15) is 17.9 Å². The molecule has 0 saturated carbocycles. The maximum atomic E-state index is 13.1. The van der Waals surface area contributed by atoms with Gasteiger partial charge >= 0.3 is 17.9 Å². The van der Waals surface area contributed by atoms with Crippen molar-refractivity contribution in [2.24, 2.45) is 0 Å². The van der Waals surface area contributed by atoms with E-state index < -0.39 is 11.9 Å². The Hall–Kier alpha value is -4.22. The first-order valence-corrected chi connectivity index (χ1v) is 16.8. The number of rotatable bonds is 18. The highest BCUT2D eigenvalue weighted by Crippen LogP contribution is 2.43. The number of hydrogen-bond donors (Lipinski definition) is 1. The van der Waals surface area contributed by atoms with E-state index in [1.165, 1.54) is 0 Å². The molecule has 1 saturated heterocycles. The van der Waals surface area contributed by atoms with Gasteiger partial charge < -0.3 is 33.9 Å². The van der Waals surface area contributed by atoms with E-state index in [4.69, 9.17) is 23.7 Å². The Balaban J connectivity index is 1.36. The van der Waals surface area contributed by atoms with E-state index in [-0.39, 0.29) is 61.6 Å². The van der Waals surface area contributed by atoms with E-state index in [1.54, 1.807) is 7.11 Å². The summed E-state index contributed by atoms with van der Waals surface area (Å²) in [6, 6.07) is 9.48. The van der Waals surface area contributed by atoms with Crippen molar-refractivity contribution in [3.8, 4) is 11.5 Å². The van der Waals surface area contributed by atoms with Crippen molar-refractivity contribution in [3.05, 3.63) is 69.8 Å². The first kappa shape index (κ1) is 36.6. The van der Waals surface area contributed by atoms with Crippen molar-refractivity contribution >= 4 is 23.8 Å². The Kier molecular flexibility index (Phi) is 14.0. The van der Waals surface area contributed by atoms with Gasteiger partial charge in [0, 0.05) is 57.3 Å². The molecule has 0 aromatic heterocycles. The first-order valence-electron chi connectivity index (χ1n) is 16.8. The van der Waals surface area contributed by atoms with Crippen molar-refractivity contribution in [3.63, 3.8) is 0 Å². The molecule has 2 aliphatic rings. The molecule has 0 spiro atoms. The number of fused-ring (bicyclic) bond motifs is 1. The normalized spacial score (nSPS) is 16.0. The summed E-state index contributed by atoms with van der Waals surface area (Å²) in [5, 5.41) is 2.81. The number of methoxy groups -OCH3 is 1. The van der Waals surface area contributed by atoms with Crippen LogP contribution in [-0.2, 0) is 48.2 Å². The number of carbonyl (C=O) groups is 4. The quantitative estimate of drug-likeness (QED) is 0.101. The first-order chi connectivity index (χ1) is 23.2. The van der Waals surface area contributed by atoms with Crippen LogP contribution in [0.2, 0.25) is 0 Å². The Bertz CT molecular complexity index is 1470. The molecule has 4 rings (SSSR count). The van der Waals surface area contributed by atoms with Crippen LogP contribution in [0.3, 0.4) is 0 Å². The van der Waals surface area contributed by atoms with Crippen LogP contribution in [0, 0.1) is 6.92 Å². The molecular weight excluding hydrogens is 616 g/mol. The van der Waals surface area contributed by atoms with Crippen molar-refractivity contribution in [1.82, 2.24) is 10.2 Å². The van der Waals surface area contributed by atoms with Gasteiger partial charge in [0.2, 0.25) is 5.91 Å². The topological polar surface area (TPSA) is 130 Å². The third kappa shape index (κ3) is 10.4. The number of benzene rings is 2. The van der Waals surface area contributed by atoms with Crippen LogP contribution in [-0.4, -0.2) is 74.8 Å². The molecule has 11 nitrogen and oxygen atoms in total. The van der Waals surface area contributed by atoms with E-state index in [0.717, 1.165) is 49.2 Å². The summed E-state index contributed by atoms with van der Waals surface area (Å²) in [4.78, 5) is 53.1. The van der Waals surface area contributed by atoms with Crippen LogP contribution in [0.15, 0.2) is 42.0 Å². The van der Waals surface area contributed by atoms with E-state index in [2.05, 4.69) is 10.2 Å². The van der Waals surface area contributed by atoms with Crippen LogP contribution in [0.25, 0.3) is 0 Å². The zero-order chi connectivity index (χ0) is 34.5. The standard InChI is InChI=1S/C37H48N2O9/c1-5-45-35-26(3)30-24-47-37(43)34(30)36(48-33(42)17-15-31(40)38-22-27-10-7-6-8-11-27)29(35)14-12-25(2)13-16-32(41)46-21-9-19-39-20-18-28(23-39)44-4/h6-8,10-12,28H,5,9,13-24H2,1-4H3,(H,38,40). The lowest BCUT2D eigenvalue weighted by atomic mass is 9.94. The maximum absolute atomic E-state index is 13.1. The number of allylic oxidation sites excluding steroid dienone is 2. The Morgan fingerprint density at radius 3 is 2.56 bits per heavy atom. The lowest BCUT2D eigenvalue weighted by Crippen LogP contribution is -2.25. The smallest absolute Gasteiger partial charge is 0.342 e. The number of cyclic esters (lactones) is 1. The summed E-state index contributed by atoms with van der Waals surface area (Å²) < 4.78 is 28.0. The third-order valence-corrected chi connectivity index (χ3v) is 8.64. The van der Waals surface area contributed by atoms with Crippen LogP contribution in [0.5, 0.6) is 11.5 Å². The van der Waals surface area contributed by atoms with Gasteiger partial charge in [-0.2, -0.15) is 0 Å². The largest absolute Gasteiger partial charge is 0.493 e. The molecule has 2 aromatic rings. The van der Waals surface area contributed by atoms with Gasteiger partial charge in [-0.05, 0) is 57.6 Å². The second-order valence-electron chi connectivity index (χ2n) is 12.1. The molecule has 1 fully saturated rings. The van der Waals surface area contributed by atoms with Crippen molar-refractivity contribution in [2.45, 2.75) is 85.0 Å². The Morgan fingerprint density at radius 1 is 1.06 bits per heavy atom. The highest BCUT2D eigenvalue weighted by molar-refractivity contribution is 5.99. The number of amides is 1. The molecule has 1 amide bonds. The summed E-state index contributed by atoms with van der Waals surface area (Å²) in [5.41, 5.74) is 3.98. The highest BCUT2D eigenvalue weighted by Gasteiger charge is 2.34. The van der Waals surface area contributed by atoms with Gasteiger partial charge in [0.05, 0.1) is 25.7 Å². The van der Waals surface area contributed by atoms with Crippen molar-refractivity contribution < 1.29 is 42.9 Å².